The van der Waals surface area contributed by atoms with Crippen LogP contribution in [0.15, 0.2) is 48.1 Å². The molecule has 0 radical (unpaired) electrons. The van der Waals surface area contributed by atoms with E-state index < -0.39 is 21.6 Å². The Morgan fingerprint density at radius 2 is 1.72 bits per heavy atom. The molecular weight excluding hydrogens is 359 g/mol. The molecule has 0 aromatic carbocycles. The van der Waals surface area contributed by atoms with Crippen molar-refractivity contribution in [1.29, 1.82) is 0 Å². The molecule has 0 unspecified atom stereocenters. The fourth-order valence-corrected chi connectivity index (χ4v) is 2.71. The number of aromatic nitrogens is 5. The number of hydrogen-bond donors (Lipinski definition) is 0. The lowest BCUT2D eigenvalue weighted by atomic mass is 10.1. The third-order valence-corrected chi connectivity index (χ3v) is 4.37. The second-order valence-corrected chi connectivity index (χ2v) is 7.08. The lowest BCUT2D eigenvalue weighted by Crippen LogP contribution is -2.09. The van der Waals surface area contributed by atoms with E-state index in [2.05, 4.69) is 20.1 Å². The van der Waals surface area contributed by atoms with Crippen molar-refractivity contribution in [2.24, 2.45) is 0 Å². The maximum absolute atomic E-state index is 13.3. The van der Waals surface area contributed by atoms with Gasteiger partial charge in [-0.15, -0.1) is 0 Å². The van der Waals surface area contributed by atoms with Gasteiger partial charge in [0.1, 0.15) is 11.9 Å². The fourth-order valence-electron chi connectivity index (χ4n) is 2.15. The van der Waals surface area contributed by atoms with Crippen LogP contribution in [0.5, 0.6) is 0 Å². The molecule has 0 spiro atoms. The number of hydrogen-bond acceptors (Lipinski definition) is 6. The summed E-state index contributed by atoms with van der Waals surface area (Å²) < 4.78 is 63.8. The standard InChI is InChI=1S/C14H10F3N5O2S/c1-25(23,24)10-2-3-12(20-6-10)22-13(9-4-18-8-19-5-9)11(7-21-22)14(15,16)17/h2-8H,1H3. The highest BCUT2D eigenvalue weighted by Crippen LogP contribution is 2.37. The zero-order chi connectivity index (χ0) is 18.2. The monoisotopic (exact) mass is 369 g/mol. The molecule has 0 fully saturated rings. The molecule has 0 aliphatic heterocycles. The molecule has 0 saturated carbocycles. The Kier molecular flexibility index (Phi) is 4.03. The third-order valence-electron chi connectivity index (χ3n) is 3.27. The topological polar surface area (TPSA) is 90.6 Å². The molecule has 130 valence electrons. The van der Waals surface area contributed by atoms with Crippen molar-refractivity contribution in [2.75, 3.05) is 6.26 Å². The quantitative estimate of drug-likeness (QED) is 0.703. The highest BCUT2D eigenvalue weighted by Gasteiger charge is 2.37. The van der Waals surface area contributed by atoms with Crippen LogP contribution in [0.2, 0.25) is 0 Å². The fraction of sp³-hybridized carbons (Fsp3) is 0.143. The first-order valence-corrected chi connectivity index (χ1v) is 8.64. The Labute approximate surface area is 140 Å². The molecule has 11 heteroatoms. The van der Waals surface area contributed by atoms with Crippen LogP contribution < -0.4 is 0 Å². The first-order chi connectivity index (χ1) is 11.7. The molecule has 25 heavy (non-hydrogen) atoms. The summed E-state index contributed by atoms with van der Waals surface area (Å²) in [5.74, 6) is 0.0294. The second-order valence-electron chi connectivity index (χ2n) is 5.07. The molecule has 3 heterocycles. The predicted molar refractivity (Wildman–Crippen MR) is 80.5 cm³/mol. The van der Waals surface area contributed by atoms with Gasteiger partial charge >= 0.3 is 6.18 Å². The van der Waals surface area contributed by atoms with Crippen molar-refractivity contribution < 1.29 is 21.6 Å². The lowest BCUT2D eigenvalue weighted by molar-refractivity contribution is -0.137. The van der Waals surface area contributed by atoms with E-state index >= 15 is 0 Å². The van der Waals surface area contributed by atoms with E-state index in [4.69, 9.17) is 0 Å². The minimum Gasteiger partial charge on any atom is -0.244 e. The number of nitrogens with zero attached hydrogens (tertiary/aromatic N) is 5. The van der Waals surface area contributed by atoms with Crippen molar-refractivity contribution in [1.82, 2.24) is 24.7 Å². The summed E-state index contributed by atoms with van der Waals surface area (Å²) in [7, 11) is -3.47. The van der Waals surface area contributed by atoms with Crippen LogP contribution in [0.25, 0.3) is 17.1 Å². The highest BCUT2D eigenvalue weighted by molar-refractivity contribution is 7.90. The number of pyridine rings is 1. The Balaban J connectivity index is 2.19. The first-order valence-electron chi connectivity index (χ1n) is 6.75. The van der Waals surface area contributed by atoms with Crippen LogP contribution in [0.3, 0.4) is 0 Å². The van der Waals surface area contributed by atoms with Crippen molar-refractivity contribution in [3.8, 4) is 17.1 Å². The van der Waals surface area contributed by atoms with Crippen LogP contribution in [0.1, 0.15) is 5.56 Å². The van der Waals surface area contributed by atoms with Gasteiger partial charge in [0, 0.05) is 30.4 Å². The summed E-state index contributed by atoms with van der Waals surface area (Å²) in [4.78, 5) is 11.3. The molecule has 0 bridgehead atoms. The molecule has 0 saturated heterocycles. The molecule has 3 rings (SSSR count). The van der Waals surface area contributed by atoms with Gasteiger partial charge < -0.3 is 0 Å². The zero-order valence-electron chi connectivity index (χ0n) is 12.6. The zero-order valence-corrected chi connectivity index (χ0v) is 13.5. The molecule has 0 amide bonds. The van der Waals surface area contributed by atoms with Crippen LogP contribution in [0.4, 0.5) is 13.2 Å². The largest absolute Gasteiger partial charge is 0.420 e. The second kappa shape index (κ2) is 5.92. The van der Waals surface area contributed by atoms with E-state index in [0.717, 1.165) is 17.1 Å². The maximum Gasteiger partial charge on any atom is 0.420 e. The summed E-state index contributed by atoms with van der Waals surface area (Å²) in [6, 6.07) is 2.52. The van der Waals surface area contributed by atoms with Gasteiger partial charge in [0.25, 0.3) is 0 Å². The summed E-state index contributed by atoms with van der Waals surface area (Å²) in [6.07, 6.45) is 1.74. The van der Waals surface area contributed by atoms with Gasteiger partial charge in [0.05, 0.1) is 16.8 Å². The molecular formula is C14H10F3N5O2S. The van der Waals surface area contributed by atoms with Gasteiger partial charge in [0.15, 0.2) is 15.7 Å². The van der Waals surface area contributed by atoms with Gasteiger partial charge in [-0.2, -0.15) is 18.3 Å². The Bertz CT molecular complexity index is 999. The van der Waals surface area contributed by atoms with Gasteiger partial charge in [-0.25, -0.2) is 28.1 Å². The number of alkyl halides is 3. The van der Waals surface area contributed by atoms with Crippen molar-refractivity contribution in [3.05, 3.63) is 48.8 Å². The number of halogens is 3. The molecule has 7 nitrogen and oxygen atoms in total. The van der Waals surface area contributed by atoms with E-state index in [-0.39, 0.29) is 22.0 Å². The summed E-state index contributed by atoms with van der Waals surface area (Å²) >= 11 is 0. The van der Waals surface area contributed by atoms with Crippen LogP contribution in [-0.4, -0.2) is 39.4 Å². The van der Waals surface area contributed by atoms with E-state index in [1.165, 1.54) is 30.9 Å². The summed E-state index contributed by atoms with van der Waals surface area (Å²) in [5.41, 5.74) is -1.16. The van der Waals surface area contributed by atoms with E-state index in [0.29, 0.717) is 6.20 Å². The molecule has 0 aliphatic carbocycles. The van der Waals surface area contributed by atoms with Crippen molar-refractivity contribution in [2.45, 2.75) is 11.1 Å². The van der Waals surface area contributed by atoms with Crippen molar-refractivity contribution >= 4 is 9.84 Å². The molecule has 0 atom stereocenters. The van der Waals surface area contributed by atoms with Crippen LogP contribution in [0, 0.1) is 0 Å². The van der Waals surface area contributed by atoms with Gasteiger partial charge in [0.2, 0.25) is 0 Å². The lowest BCUT2D eigenvalue weighted by Gasteiger charge is -2.11. The molecule has 0 aliphatic rings. The SMILES string of the molecule is CS(=O)(=O)c1ccc(-n2ncc(C(F)(F)F)c2-c2cncnc2)nc1. The Morgan fingerprint density at radius 3 is 2.24 bits per heavy atom. The van der Waals surface area contributed by atoms with E-state index in [9.17, 15) is 21.6 Å². The number of sulfone groups is 1. The minimum absolute atomic E-state index is 0.0294. The average Bonchev–Trinajstić information content (AvgIpc) is 3.00. The smallest absolute Gasteiger partial charge is 0.244 e. The van der Waals surface area contributed by atoms with Crippen molar-refractivity contribution in [3.63, 3.8) is 0 Å². The van der Waals surface area contributed by atoms with Gasteiger partial charge in [-0.3, -0.25) is 0 Å². The molecule has 3 aromatic heterocycles. The maximum atomic E-state index is 13.3. The summed E-state index contributed by atoms with van der Waals surface area (Å²) in [6.45, 7) is 0. The van der Waals surface area contributed by atoms with Crippen LogP contribution >= 0.6 is 0 Å². The Hall–Kier alpha value is -2.82. The minimum atomic E-state index is -4.64. The van der Waals surface area contributed by atoms with Gasteiger partial charge in [-0.1, -0.05) is 0 Å². The summed E-state index contributed by atoms with van der Waals surface area (Å²) in [5, 5.41) is 3.75. The normalized spacial score (nSPS) is 12.3. The Morgan fingerprint density at radius 1 is 1.04 bits per heavy atom. The predicted octanol–water partition coefficient (Wildman–Crippen LogP) is 2.15. The molecule has 0 N–H and O–H groups in total. The van der Waals surface area contributed by atoms with E-state index in [1.54, 1.807) is 0 Å². The third kappa shape index (κ3) is 3.36. The molecule has 3 aromatic rings. The first kappa shape index (κ1) is 17.0. The van der Waals surface area contributed by atoms with Crippen LogP contribution in [-0.2, 0) is 16.0 Å². The average molecular weight is 369 g/mol. The highest BCUT2D eigenvalue weighted by atomic mass is 32.2. The van der Waals surface area contributed by atoms with E-state index in [1.807, 2.05) is 0 Å². The number of rotatable bonds is 3. The van der Waals surface area contributed by atoms with Gasteiger partial charge in [-0.05, 0) is 12.1 Å².